The lowest BCUT2D eigenvalue weighted by Crippen LogP contribution is -2.25. The van der Waals surface area contributed by atoms with E-state index >= 15 is 0 Å². The molecule has 0 radical (unpaired) electrons. The maximum atomic E-state index is 12.0. The number of benzene rings is 2. The van der Waals surface area contributed by atoms with Crippen LogP contribution in [0.2, 0.25) is 0 Å². The van der Waals surface area contributed by atoms with E-state index in [-0.39, 0.29) is 11.1 Å². The summed E-state index contributed by atoms with van der Waals surface area (Å²) in [7, 11) is 0. The van der Waals surface area contributed by atoms with Gasteiger partial charge in [-0.2, -0.15) is 5.26 Å². The van der Waals surface area contributed by atoms with Crippen LogP contribution in [0.25, 0.3) is 11.1 Å². The maximum Gasteiger partial charge on any atom is 0.266 e. The van der Waals surface area contributed by atoms with Crippen molar-refractivity contribution in [2.45, 2.75) is 26.8 Å². The topological polar surface area (TPSA) is 59.9 Å². The van der Waals surface area contributed by atoms with Crippen LogP contribution >= 0.6 is 0 Å². The van der Waals surface area contributed by atoms with Crippen molar-refractivity contribution in [3.63, 3.8) is 0 Å². The Morgan fingerprint density at radius 2 is 1.62 bits per heavy atom. The number of nitrogens with one attached hydrogen (secondary N) is 1. The summed E-state index contributed by atoms with van der Waals surface area (Å²) in [5.41, 5.74) is 4.25. The highest BCUT2D eigenvalue weighted by molar-refractivity contribution is 5.73. The summed E-state index contributed by atoms with van der Waals surface area (Å²) in [5, 5.41) is 9.34. The minimum atomic E-state index is -0.348. The van der Waals surface area contributed by atoms with Gasteiger partial charge in [-0.1, -0.05) is 30.3 Å². The number of hydrogen-bond acceptors (Lipinski definition) is 3. The quantitative estimate of drug-likeness (QED) is 0.742. The monoisotopic (exact) mass is 343 g/mol. The van der Waals surface area contributed by atoms with Crippen molar-refractivity contribution in [1.82, 2.24) is 4.98 Å². The van der Waals surface area contributed by atoms with E-state index in [1.165, 1.54) is 0 Å². The molecule has 3 aromatic rings. The van der Waals surface area contributed by atoms with E-state index < -0.39 is 0 Å². The van der Waals surface area contributed by atoms with Crippen LogP contribution in [0.1, 0.15) is 25.1 Å². The number of pyridine rings is 1. The molecule has 0 saturated carbocycles. The maximum absolute atomic E-state index is 12.0. The zero-order valence-electron chi connectivity index (χ0n) is 15.2. The first-order chi connectivity index (χ1) is 12.5. The molecule has 1 N–H and O–H groups in total. The number of nitrogens with zero attached hydrogens (tertiary/aromatic N) is 2. The average molecular weight is 343 g/mol. The van der Waals surface area contributed by atoms with Crippen LogP contribution < -0.4 is 10.5 Å². The highest BCUT2D eigenvalue weighted by Gasteiger charge is 2.14. The van der Waals surface area contributed by atoms with Gasteiger partial charge in [0.15, 0.2) is 0 Å². The molecule has 0 atom stereocenters. The smallest absolute Gasteiger partial charge is 0.266 e. The number of nitriles is 1. The van der Waals surface area contributed by atoms with E-state index in [2.05, 4.69) is 35.9 Å². The first kappa shape index (κ1) is 17.5. The van der Waals surface area contributed by atoms with Gasteiger partial charge in [0.25, 0.3) is 5.56 Å². The Morgan fingerprint density at radius 1 is 1.00 bits per heavy atom. The summed E-state index contributed by atoms with van der Waals surface area (Å²) in [6, 6.07) is 22.3. The number of H-pyrrole nitrogens is 1. The largest absolute Gasteiger partial charge is 0.339 e. The van der Waals surface area contributed by atoms with Crippen LogP contribution in [0.15, 0.2) is 65.5 Å². The van der Waals surface area contributed by atoms with Crippen LogP contribution in [0.4, 0.5) is 11.4 Å². The van der Waals surface area contributed by atoms with Gasteiger partial charge in [0.05, 0.1) is 0 Å². The number of para-hydroxylation sites is 1. The van der Waals surface area contributed by atoms with E-state index in [1.807, 2.05) is 61.5 Å². The summed E-state index contributed by atoms with van der Waals surface area (Å²) in [6.07, 6.45) is 0. The highest BCUT2D eigenvalue weighted by Crippen LogP contribution is 2.30. The van der Waals surface area contributed by atoms with E-state index in [0.29, 0.717) is 11.6 Å². The van der Waals surface area contributed by atoms with Gasteiger partial charge in [-0.25, -0.2) is 0 Å². The molecule has 0 aliphatic heterocycles. The lowest BCUT2D eigenvalue weighted by atomic mass is 10.0. The second kappa shape index (κ2) is 7.28. The molecule has 0 fully saturated rings. The van der Waals surface area contributed by atoms with Gasteiger partial charge in [-0.15, -0.1) is 0 Å². The van der Waals surface area contributed by atoms with Crippen molar-refractivity contribution < 1.29 is 0 Å². The van der Waals surface area contributed by atoms with Gasteiger partial charge in [-0.3, -0.25) is 4.79 Å². The van der Waals surface area contributed by atoms with Crippen molar-refractivity contribution in [2.24, 2.45) is 0 Å². The first-order valence-electron chi connectivity index (χ1n) is 8.60. The fraction of sp³-hybridized carbons (Fsp3) is 0.182. The molecule has 0 bridgehead atoms. The van der Waals surface area contributed by atoms with Gasteiger partial charge in [-0.05, 0) is 56.7 Å². The predicted octanol–water partition coefficient (Wildman–Crippen LogP) is 4.77. The fourth-order valence-electron chi connectivity index (χ4n) is 3.16. The van der Waals surface area contributed by atoms with Crippen LogP contribution in [-0.2, 0) is 0 Å². The summed E-state index contributed by atoms with van der Waals surface area (Å²) in [5.74, 6) is 0. The van der Waals surface area contributed by atoms with Crippen molar-refractivity contribution in [1.29, 1.82) is 5.26 Å². The van der Waals surface area contributed by atoms with Crippen LogP contribution in [0, 0.1) is 18.3 Å². The standard InChI is InChI=1S/C22H21N3O/c1-15(2)25(18-7-5-4-6-8-18)19-11-9-17(10-12-19)20-13-16(3)24-22(26)21(20)14-23/h4-13,15H,1-3H3,(H,24,26). The molecule has 0 aliphatic carbocycles. The summed E-state index contributed by atoms with van der Waals surface area (Å²) >= 11 is 0. The molecule has 1 aromatic heterocycles. The molecule has 4 nitrogen and oxygen atoms in total. The van der Waals surface area contributed by atoms with E-state index in [1.54, 1.807) is 0 Å². The van der Waals surface area contributed by atoms with E-state index in [9.17, 15) is 10.1 Å². The molecular formula is C22H21N3O. The molecule has 130 valence electrons. The number of aryl methyl sites for hydroxylation is 1. The third-order valence-electron chi connectivity index (χ3n) is 4.29. The van der Waals surface area contributed by atoms with Gasteiger partial charge in [0.1, 0.15) is 11.6 Å². The second-order valence-electron chi connectivity index (χ2n) is 6.53. The van der Waals surface area contributed by atoms with E-state index in [0.717, 1.165) is 22.6 Å². The molecule has 3 rings (SSSR count). The normalized spacial score (nSPS) is 10.6. The number of anilines is 2. The molecule has 0 aliphatic rings. The number of hydrogen-bond donors (Lipinski definition) is 1. The molecule has 0 unspecified atom stereocenters. The van der Waals surface area contributed by atoms with Crippen molar-refractivity contribution in [3.8, 4) is 17.2 Å². The van der Waals surface area contributed by atoms with Gasteiger partial charge < -0.3 is 9.88 Å². The first-order valence-corrected chi connectivity index (χ1v) is 8.60. The summed E-state index contributed by atoms with van der Waals surface area (Å²) < 4.78 is 0. The molecule has 0 amide bonds. The SMILES string of the molecule is Cc1cc(-c2ccc(N(c3ccccc3)C(C)C)cc2)c(C#N)c(=O)[nH]1. The lowest BCUT2D eigenvalue weighted by molar-refractivity contribution is 0.789. The van der Waals surface area contributed by atoms with Crippen LogP contribution in [0.5, 0.6) is 0 Å². The van der Waals surface area contributed by atoms with E-state index in [4.69, 9.17) is 0 Å². The Balaban J connectivity index is 2.04. The number of aromatic nitrogens is 1. The average Bonchev–Trinajstić information content (AvgIpc) is 2.62. The molecule has 1 heterocycles. The molecule has 0 spiro atoms. The Labute approximate surface area is 153 Å². The van der Waals surface area contributed by atoms with Gasteiger partial charge in [0, 0.05) is 28.7 Å². The Kier molecular flexibility index (Phi) is 4.90. The van der Waals surface area contributed by atoms with Crippen molar-refractivity contribution in [2.75, 3.05) is 4.90 Å². The Bertz CT molecular complexity index is 996. The lowest BCUT2D eigenvalue weighted by Gasteiger charge is -2.29. The highest BCUT2D eigenvalue weighted by atomic mass is 16.1. The second-order valence-corrected chi connectivity index (χ2v) is 6.53. The summed E-state index contributed by atoms with van der Waals surface area (Å²) in [6.45, 7) is 6.11. The Hall–Kier alpha value is -3.32. The number of rotatable bonds is 4. The minimum Gasteiger partial charge on any atom is -0.339 e. The summed E-state index contributed by atoms with van der Waals surface area (Å²) in [4.78, 5) is 17.0. The van der Waals surface area contributed by atoms with Crippen LogP contribution in [-0.4, -0.2) is 11.0 Å². The number of aromatic amines is 1. The molecular weight excluding hydrogens is 322 g/mol. The third-order valence-corrected chi connectivity index (χ3v) is 4.29. The Morgan fingerprint density at radius 3 is 2.19 bits per heavy atom. The van der Waals surface area contributed by atoms with Crippen molar-refractivity contribution >= 4 is 11.4 Å². The van der Waals surface area contributed by atoms with Gasteiger partial charge in [0.2, 0.25) is 0 Å². The minimum absolute atomic E-state index is 0.145. The van der Waals surface area contributed by atoms with Crippen molar-refractivity contribution in [3.05, 3.63) is 82.3 Å². The van der Waals surface area contributed by atoms with Gasteiger partial charge >= 0.3 is 0 Å². The third kappa shape index (κ3) is 3.38. The molecule has 26 heavy (non-hydrogen) atoms. The zero-order valence-corrected chi connectivity index (χ0v) is 15.2. The predicted molar refractivity (Wildman–Crippen MR) is 106 cm³/mol. The molecule has 0 saturated heterocycles. The molecule has 4 heteroatoms. The zero-order chi connectivity index (χ0) is 18.7. The van der Waals surface area contributed by atoms with Crippen LogP contribution in [0.3, 0.4) is 0 Å². The fourth-order valence-corrected chi connectivity index (χ4v) is 3.16. The molecule has 2 aromatic carbocycles.